The zero-order valence-electron chi connectivity index (χ0n) is 28.3. The monoisotopic (exact) mass is 640 g/mol. The number of Topliss-reactive ketones (excluding diaryl/α,β-unsaturated/α-hetero) is 1. The second-order valence-corrected chi connectivity index (χ2v) is 17.8. The number of aromatic nitrogens is 2. The number of piperazine rings is 1. The smallest absolute Gasteiger partial charge is 0.253 e. The molecule has 1 amide bonds. The van der Waals surface area contributed by atoms with E-state index in [4.69, 9.17) is 9.47 Å². The minimum atomic E-state index is -2.98. The highest BCUT2D eigenvalue weighted by Gasteiger charge is 2.38. The lowest BCUT2D eigenvalue weighted by atomic mass is 9.76. The number of hydrogen-bond donors (Lipinski definition) is 0. The predicted octanol–water partition coefficient (Wildman–Crippen LogP) is 2.97. The van der Waals surface area contributed by atoms with Gasteiger partial charge in [-0.2, -0.15) is 5.10 Å². The molecule has 2 aliphatic heterocycles. The van der Waals surface area contributed by atoms with Crippen molar-refractivity contribution in [2.24, 2.45) is 5.41 Å². The van der Waals surface area contributed by atoms with Crippen molar-refractivity contribution in [1.82, 2.24) is 28.9 Å². The van der Waals surface area contributed by atoms with Crippen LogP contribution < -0.4 is 0 Å². The third kappa shape index (κ3) is 7.47. The van der Waals surface area contributed by atoms with Gasteiger partial charge in [-0.15, -0.1) is 0 Å². The Morgan fingerprint density at radius 3 is 2.40 bits per heavy atom. The predicted molar refractivity (Wildman–Crippen MR) is 178 cm³/mol. The van der Waals surface area contributed by atoms with Gasteiger partial charge in [0, 0.05) is 62.8 Å². The van der Waals surface area contributed by atoms with Gasteiger partial charge in [-0.25, -0.2) is 14.0 Å². The Morgan fingerprint density at radius 2 is 1.78 bits per heavy atom. The van der Waals surface area contributed by atoms with Crippen LogP contribution in [0.2, 0.25) is 0 Å². The number of fused-ring (bicyclic) bond motifs is 1. The van der Waals surface area contributed by atoms with E-state index in [1.807, 2.05) is 52.6 Å². The molecule has 1 aromatic carbocycles. The molecule has 3 unspecified atom stereocenters. The van der Waals surface area contributed by atoms with E-state index in [0.29, 0.717) is 50.3 Å². The van der Waals surface area contributed by atoms with Gasteiger partial charge in [0.05, 0.1) is 35.9 Å². The summed E-state index contributed by atoms with van der Waals surface area (Å²) in [6, 6.07) is 7.53. The van der Waals surface area contributed by atoms with Gasteiger partial charge < -0.3 is 14.4 Å². The van der Waals surface area contributed by atoms with Crippen molar-refractivity contribution in [2.75, 3.05) is 66.3 Å². The molecule has 5 rings (SSSR count). The van der Waals surface area contributed by atoms with Crippen LogP contribution in [0.25, 0.3) is 5.69 Å². The molecule has 0 bridgehead atoms. The quantitative estimate of drug-likeness (QED) is 0.319. The molecule has 2 saturated heterocycles. The number of rotatable bonds is 8. The molecule has 2 aromatic rings. The fraction of sp³-hybridized carbons (Fsp3) is 0.656. The maximum absolute atomic E-state index is 14.2. The lowest BCUT2D eigenvalue weighted by Crippen LogP contribution is -2.56. The third-order valence-corrected chi connectivity index (χ3v) is 12.3. The second kappa shape index (κ2) is 13.0. The number of ketones is 1. The molecular weight excluding hydrogens is 590 g/mol. The molecule has 11 nitrogen and oxygen atoms in total. The largest absolute Gasteiger partial charge is 0.379 e. The molecule has 13 heteroatoms. The highest BCUT2D eigenvalue weighted by molar-refractivity contribution is 7.58. The average Bonchev–Trinajstić information content (AvgIpc) is 3.39. The van der Waals surface area contributed by atoms with Crippen molar-refractivity contribution in [1.29, 1.82) is 0 Å². The summed E-state index contributed by atoms with van der Waals surface area (Å²) in [4.78, 5) is 30.3. The Balaban J connectivity index is 1.17. The molecule has 0 N–H and O–H groups in total. The standard InChI is InChI=1S/C32H50BN6O5P/c1-31(2,3)37-19-25(44-29(33)20-37)21-43-22-45(42,35(6)7)38-14-12-36(13-15-38)30(41)23-8-10-24(11-9-23)39-27-16-32(4,5)17-28(40)26(27)18-34-39/h8-11,18,25,29H,12-17,19-22,33H2,1-7H3. The summed E-state index contributed by atoms with van der Waals surface area (Å²) in [5.74, 6) is 0.0760. The second-order valence-electron chi connectivity index (χ2n) is 14.8. The van der Waals surface area contributed by atoms with Crippen LogP contribution in [-0.4, -0.2) is 132 Å². The number of ether oxygens (including phenoxy) is 2. The van der Waals surface area contributed by atoms with Crippen molar-refractivity contribution in [3.63, 3.8) is 0 Å². The Kier molecular flexibility index (Phi) is 9.86. The summed E-state index contributed by atoms with van der Waals surface area (Å²) >= 11 is 0. The van der Waals surface area contributed by atoms with Crippen molar-refractivity contribution in [3.05, 3.63) is 47.3 Å². The van der Waals surface area contributed by atoms with E-state index >= 15 is 0 Å². The van der Waals surface area contributed by atoms with Gasteiger partial charge in [0.1, 0.15) is 14.2 Å². The molecule has 3 atom stereocenters. The van der Waals surface area contributed by atoms with Gasteiger partial charge in [0.2, 0.25) is 7.44 Å². The van der Waals surface area contributed by atoms with Crippen LogP contribution >= 0.6 is 7.44 Å². The van der Waals surface area contributed by atoms with Crippen LogP contribution in [0.4, 0.5) is 0 Å². The summed E-state index contributed by atoms with van der Waals surface area (Å²) in [5, 5.41) is 4.50. The zero-order valence-corrected chi connectivity index (χ0v) is 29.2. The van der Waals surface area contributed by atoms with E-state index in [1.165, 1.54) is 0 Å². The molecule has 1 aliphatic carbocycles. The SMILES string of the molecule is BC1CN(C(C)(C)C)CC(COCP(=O)(N(C)C)N2CCN(C(=O)c3ccc(-n4ncc5c4CC(C)(C)CC5=O)cc3)CC2)O1. The van der Waals surface area contributed by atoms with Crippen molar-refractivity contribution >= 4 is 27.0 Å². The van der Waals surface area contributed by atoms with Crippen molar-refractivity contribution < 1.29 is 23.6 Å². The minimum Gasteiger partial charge on any atom is -0.379 e. The first-order valence-electron chi connectivity index (χ1n) is 16.1. The highest BCUT2D eigenvalue weighted by Crippen LogP contribution is 2.51. The molecule has 0 radical (unpaired) electrons. The molecule has 3 aliphatic rings. The van der Waals surface area contributed by atoms with Crippen molar-refractivity contribution in [3.8, 4) is 5.69 Å². The Bertz CT molecular complexity index is 1430. The number of carbonyl (C=O) groups is 2. The van der Waals surface area contributed by atoms with Gasteiger partial charge in [0.25, 0.3) is 5.91 Å². The maximum atomic E-state index is 14.2. The van der Waals surface area contributed by atoms with Gasteiger partial charge >= 0.3 is 0 Å². The summed E-state index contributed by atoms with van der Waals surface area (Å²) in [6.07, 6.45) is 2.99. The first kappa shape index (κ1) is 34.0. The van der Waals surface area contributed by atoms with Gasteiger partial charge in [-0.1, -0.05) is 13.8 Å². The van der Waals surface area contributed by atoms with E-state index < -0.39 is 7.44 Å². The molecule has 246 valence electrons. The fourth-order valence-electron chi connectivity index (χ4n) is 6.62. The highest BCUT2D eigenvalue weighted by atomic mass is 31.2. The Hall–Kier alpha value is -2.34. The van der Waals surface area contributed by atoms with Crippen molar-refractivity contribution in [2.45, 2.75) is 65.1 Å². The van der Waals surface area contributed by atoms with E-state index in [0.717, 1.165) is 30.9 Å². The lowest BCUT2D eigenvalue weighted by Gasteiger charge is -2.44. The molecule has 45 heavy (non-hydrogen) atoms. The number of morpholine rings is 1. The van der Waals surface area contributed by atoms with Gasteiger partial charge in [-0.3, -0.25) is 19.1 Å². The first-order chi connectivity index (χ1) is 21.1. The molecule has 1 aromatic heterocycles. The summed E-state index contributed by atoms with van der Waals surface area (Å²) in [6.45, 7) is 14.8. The number of carbonyl (C=O) groups excluding carboxylic acids is 2. The first-order valence-corrected chi connectivity index (χ1v) is 17.9. The van der Waals surface area contributed by atoms with Crippen LogP contribution in [0.15, 0.2) is 30.5 Å². The van der Waals surface area contributed by atoms with Crippen LogP contribution in [0, 0.1) is 5.41 Å². The Morgan fingerprint density at radius 1 is 1.11 bits per heavy atom. The van der Waals surface area contributed by atoms with E-state index in [2.05, 4.69) is 52.5 Å². The van der Waals surface area contributed by atoms with E-state index in [-0.39, 0.29) is 41.1 Å². The normalized spacial score (nSPS) is 24.4. The molecule has 3 heterocycles. The summed E-state index contributed by atoms with van der Waals surface area (Å²) < 4.78 is 32.0. The minimum absolute atomic E-state index is 0.0483. The number of benzene rings is 1. The summed E-state index contributed by atoms with van der Waals surface area (Å²) in [5.41, 5.74) is 2.97. The molecule has 0 saturated carbocycles. The molecular formula is C32H50BN6O5P. The number of amides is 1. The topological polar surface area (TPSA) is 100 Å². The van der Waals surface area contributed by atoms with Crippen LogP contribution in [0.1, 0.15) is 67.4 Å². The number of hydrogen-bond acceptors (Lipinski definition) is 7. The van der Waals surface area contributed by atoms with Crippen LogP contribution in [-0.2, 0) is 20.5 Å². The fourth-order valence-corrected chi connectivity index (χ4v) is 8.67. The van der Waals surface area contributed by atoms with Gasteiger partial charge in [0.15, 0.2) is 5.78 Å². The van der Waals surface area contributed by atoms with Crippen LogP contribution in [0.5, 0.6) is 0 Å². The van der Waals surface area contributed by atoms with E-state index in [1.54, 1.807) is 10.9 Å². The van der Waals surface area contributed by atoms with Crippen LogP contribution in [0.3, 0.4) is 0 Å². The summed E-state index contributed by atoms with van der Waals surface area (Å²) in [7, 11) is 2.76. The molecule has 2 fully saturated rings. The third-order valence-electron chi connectivity index (χ3n) is 9.26. The Labute approximate surface area is 269 Å². The van der Waals surface area contributed by atoms with E-state index in [9.17, 15) is 14.2 Å². The lowest BCUT2D eigenvalue weighted by molar-refractivity contribution is -0.101. The maximum Gasteiger partial charge on any atom is 0.253 e. The molecule has 0 spiro atoms. The zero-order chi connectivity index (χ0) is 32.7. The number of nitrogens with zero attached hydrogens (tertiary/aromatic N) is 6. The average molecular weight is 641 g/mol. The van der Waals surface area contributed by atoms with Gasteiger partial charge in [-0.05, 0) is 71.0 Å².